The summed E-state index contributed by atoms with van der Waals surface area (Å²) in [5.74, 6) is 1.49. The standard InChI is InChI=1S/C21H24N4/c1-5-25(19-8-6-7-15(2)14-19)20-9-10-22-21(24-20)23-18-12-16(3)11-17(4)13-18/h6-14H,5H2,1-4H3,(H,22,23,24). The predicted molar refractivity (Wildman–Crippen MR) is 105 cm³/mol. The number of anilines is 4. The minimum Gasteiger partial charge on any atom is -0.326 e. The molecule has 0 aliphatic rings. The minimum absolute atomic E-state index is 0.605. The van der Waals surface area contributed by atoms with E-state index in [1.54, 1.807) is 6.20 Å². The molecule has 0 bridgehead atoms. The van der Waals surface area contributed by atoms with Gasteiger partial charge in [-0.2, -0.15) is 4.98 Å². The second-order valence-electron chi connectivity index (χ2n) is 6.32. The first kappa shape index (κ1) is 17.0. The lowest BCUT2D eigenvalue weighted by Crippen LogP contribution is -2.18. The van der Waals surface area contributed by atoms with Gasteiger partial charge in [-0.3, -0.25) is 0 Å². The highest BCUT2D eigenvalue weighted by molar-refractivity contribution is 5.63. The van der Waals surface area contributed by atoms with Crippen LogP contribution in [0.15, 0.2) is 54.7 Å². The molecule has 0 atom stereocenters. The number of nitrogens with one attached hydrogen (secondary N) is 1. The maximum Gasteiger partial charge on any atom is 0.229 e. The van der Waals surface area contributed by atoms with Crippen molar-refractivity contribution in [2.45, 2.75) is 27.7 Å². The molecule has 3 aromatic rings. The summed E-state index contributed by atoms with van der Waals surface area (Å²) in [4.78, 5) is 11.3. The third-order valence-corrected chi connectivity index (χ3v) is 4.02. The quantitative estimate of drug-likeness (QED) is 0.688. The van der Waals surface area contributed by atoms with Gasteiger partial charge in [0.2, 0.25) is 5.95 Å². The van der Waals surface area contributed by atoms with E-state index >= 15 is 0 Å². The van der Waals surface area contributed by atoms with Crippen LogP contribution >= 0.6 is 0 Å². The van der Waals surface area contributed by atoms with Crippen LogP contribution in [0.2, 0.25) is 0 Å². The Labute approximate surface area is 149 Å². The fourth-order valence-corrected chi connectivity index (χ4v) is 3.01. The first-order valence-electron chi connectivity index (χ1n) is 8.57. The number of hydrogen-bond donors (Lipinski definition) is 1. The van der Waals surface area contributed by atoms with Crippen molar-refractivity contribution in [3.63, 3.8) is 0 Å². The molecule has 25 heavy (non-hydrogen) atoms. The zero-order valence-electron chi connectivity index (χ0n) is 15.2. The average molecular weight is 332 g/mol. The maximum atomic E-state index is 4.71. The molecule has 1 aromatic heterocycles. The Kier molecular flexibility index (Phi) is 4.98. The molecule has 128 valence electrons. The number of hydrogen-bond acceptors (Lipinski definition) is 4. The average Bonchev–Trinajstić information content (AvgIpc) is 2.55. The molecule has 0 aliphatic carbocycles. The van der Waals surface area contributed by atoms with Gasteiger partial charge in [0.1, 0.15) is 5.82 Å². The smallest absolute Gasteiger partial charge is 0.229 e. The minimum atomic E-state index is 0.605. The Hall–Kier alpha value is -2.88. The van der Waals surface area contributed by atoms with E-state index in [0.717, 1.165) is 23.7 Å². The topological polar surface area (TPSA) is 41.1 Å². The molecule has 0 radical (unpaired) electrons. The number of benzene rings is 2. The summed E-state index contributed by atoms with van der Waals surface area (Å²) >= 11 is 0. The van der Waals surface area contributed by atoms with Gasteiger partial charge >= 0.3 is 0 Å². The lowest BCUT2D eigenvalue weighted by molar-refractivity contribution is 0.977. The van der Waals surface area contributed by atoms with Gasteiger partial charge in [0.15, 0.2) is 0 Å². The van der Waals surface area contributed by atoms with Crippen LogP contribution in [-0.2, 0) is 0 Å². The Bertz CT molecular complexity index is 853. The monoisotopic (exact) mass is 332 g/mol. The van der Waals surface area contributed by atoms with Crippen LogP contribution in [-0.4, -0.2) is 16.5 Å². The molecule has 2 aromatic carbocycles. The maximum absolute atomic E-state index is 4.71. The Balaban J connectivity index is 1.89. The highest BCUT2D eigenvalue weighted by Crippen LogP contribution is 2.25. The van der Waals surface area contributed by atoms with Gasteiger partial charge in [-0.15, -0.1) is 0 Å². The Morgan fingerprint density at radius 1 is 0.920 bits per heavy atom. The molecular formula is C21H24N4. The lowest BCUT2D eigenvalue weighted by atomic mass is 10.1. The number of rotatable bonds is 5. The molecule has 1 N–H and O–H groups in total. The first-order chi connectivity index (χ1) is 12.0. The molecule has 0 saturated heterocycles. The van der Waals surface area contributed by atoms with Crippen LogP contribution in [0.1, 0.15) is 23.6 Å². The van der Waals surface area contributed by atoms with Crippen LogP contribution in [0.25, 0.3) is 0 Å². The third kappa shape index (κ3) is 4.15. The molecule has 0 spiro atoms. The molecule has 0 fully saturated rings. The number of nitrogens with zero attached hydrogens (tertiary/aromatic N) is 3. The van der Waals surface area contributed by atoms with Gasteiger partial charge in [0.25, 0.3) is 0 Å². The van der Waals surface area contributed by atoms with Gasteiger partial charge < -0.3 is 10.2 Å². The summed E-state index contributed by atoms with van der Waals surface area (Å²) in [6.07, 6.45) is 1.80. The van der Waals surface area contributed by atoms with Gasteiger partial charge in [-0.25, -0.2) is 4.98 Å². The lowest BCUT2D eigenvalue weighted by Gasteiger charge is -2.22. The van der Waals surface area contributed by atoms with E-state index in [-0.39, 0.29) is 0 Å². The molecule has 0 amide bonds. The van der Waals surface area contributed by atoms with Crippen molar-refractivity contribution in [3.05, 3.63) is 71.4 Å². The first-order valence-corrected chi connectivity index (χ1v) is 8.57. The summed E-state index contributed by atoms with van der Waals surface area (Å²) in [5, 5.41) is 3.32. The molecule has 0 aliphatic heterocycles. The fourth-order valence-electron chi connectivity index (χ4n) is 3.01. The normalized spacial score (nSPS) is 10.6. The largest absolute Gasteiger partial charge is 0.326 e. The van der Waals surface area contributed by atoms with E-state index in [4.69, 9.17) is 4.98 Å². The highest BCUT2D eigenvalue weighted by atomic mass is 15.2. The van der Waals surface area contributed by atoms with Crippen molar-refractivity contribution in [3.8, 4) is 0 Å². The summed E-state index contributed by atoms with van der Waals surface area (Å²) in [7, 11) is 0. The van der Waals surface area contributed by atoms with E-state index in [1.807, 2.05) is 6.07 Å². The summed E-state index contributed by atoms with van der Waals surface area (Å²) in [6, 6.07) is 16.7. The van der Waals surface area contributed by atoms with Crippen LogP contribution in [0.3, 0.4) is 0 Å². The van der Waals surface area contributed by atoms with Crippen LogP contribution in [0, 0.1) is 20.8 Å². The molecule has 4 nitrogen and oxygen atoms in total. The predicted octanol–water partition coefficient (Wildman–Crippen LogP) is 5.30. The van der Waals surface area contributed by atoms with E-state index < -0.39 is 0 Å². The highest BCUT2D eigenvalue weighted by Gasteiger charge is 2.10. The Morgan fingerprint density at radius 3 is 2.36 bits per heavy atom. The molecule has 4 heteroatoms. The van der Waals surface area contributed by atoms with Crippen molar-refractivity contribution < 1.29 is 0 Å². The SMILES string of the molecule is CCN(c1cccc(C)c1)c1ccnc(Nc2cc(C)cc(C)c2)n1. The van der Waals surface area contributed by atoms with Gasteiger partial charge in [0.05, 0.1) is 0 Å². The van der Waals surface area contributed by atoms with Gasteiger partial charge in [0, 0.05) is 24.1 Å². The van der Waals surface area contributed by atoms with Crippen molar-refractivity contribution in [2.24, 2.45) is 0 Å². The van der Waals surface area contributed by atoms with Crippen molar-refractivity contribution >= 4 is 23.1 Å². The molecular weight excluding hydrogens is 308 g/mol. The molecule has 0 saturated carbocycles. The van der Waals surface area contributed by atoms with Crippen molar-refractivity contribution in [2.75, 3.05) is 16.8 Å². The van der Waals surface area contributed by atoms with Gasteiger partial charge in [-0.05, 0) is 74.7 Å². The zero-order valence-corrected chi connectivity index (χ0v) is 15.2. The van der Waals surface area contributed by atoms with E-state index in [1.165, 1.54) is 16.7 Å². The fraction of sp³-hybridized carbons (Fsp3) is 0.238. The zero-order chi connectivity index (χ0) is 17.8. The number of aryl methyl sites for hydroxylation is 3. The Morgan fingerprint density at radius 2 is 1.68 bits per heavy atom. The summed E-state index contributed by atoms with van der Waals surface area (Å²) < 4.78 is 0. The summed E-state index contributed by atoms with van der Waals surface area (Å²) in [6.45, 7) is 9.24. The molecule has 1 heterocycles. The van der Waals surface area contributed by atoms with Gasteiger partial charge in [-0.1, -0.05) is 18.2 Å². The van der Waals surface area contributed by atoms with Crippen molar-refractivity contribution in [1.82, 2.24) is 9.97 Å². The summed E-state index contributed by atoms with van der Waals surface area (Å²) in [5.41, 5.74) is 5.81. The second-order valence-corrected chi connectivity index (χ2v) is 6.32. The van der Waals surface area contributed by atoms with E-state index in [9.17, 15) is 0 Å². The second kappa shape index (κ2) is 7.34. The van der Waals surface area contributed by atoms with Crippen LogP contribution in [0.5, 0.6) is 0 Å². The number of aromatic nitrogens is 2. The van der Waals surface area contributed by atoms with Crippen molar-refractivity contribution in [1.29, 1.82) is 0 Å². The van der Waals surface area contributed by atoms with Crippen LogP contribution in [0.4, 0.5) is 23.1 Å². The molecule has 3 rings (SSSR count). The van der Waals surface area contributed by atoms with Crippen LogP contribution < -0.4 is 10.2 Å². The van der Waals surface area contributed by atoms with E-state index in [2.05, 4.69) is 85.4 Å². The third-order valence-electron chi connectivity index (χ3n) is 4.02. The molecule has 0 unspecified atom stereocenters. The van der Waals surface area contributed by atoms with E-state index in [0.29, 0.717) is 5.95 Å².